The largest absolute Gasteiger partial charge is 0.491 e. The molecule has 6 heteroatoms. The number of nitrogen functional groups attached to an aromatic ring is 1. The van der Waals surface area contributed by atoms with Crippen LogP contribution >= 0.6 is 11.6 Å². The molecule has 1 fully saturated rings. The van der Waals surface area contributed by atoms with Crippen molar-refractivity contribution in [3.63, 3.8) is 0 Å². The molecule has 21 heavy (non-hydrogen) atoms. The van der Waals surface area contributed by atoms with Crippen molar-refractivity contribution in [2.24, 2.45) is 0 Å². The molecule has 1 aliphatic heterocycles. The quantitative estimate of drug-likeness (QED) is 0.564. The minimum atomic E-state index is 0.586. The molecule has 0 saturated carbocycles. The maximum atomic E-state index is 5.84. The Kier molecular flexibility index (Phi) is 7.09. The van der Waals surface area contributed by atoms with Gasteiger partial charge in [0.1, 0.15) is 5.75 Å². The summed E-state index contributed by atoms with van der Waals surface area (Å²) in [6.07, 6.45) is 0.950. The molecule has 0 bridgehead atoms. The summed E-state index contributed by atoms with van der Waals surface area (Å²) in [4.78, 5) is 2.42. The molecular weight excluding hydrogens is 290 g/mol. The summed E-state index contributed by atoms with van der Waals surface area (Å²) in [6, 6.07) is 5.30. The molecular formula is C15H24ClN3O2. The Morgan fingerprint density at radius 2 is 2.10 bits per heavy atom. The van der Waals surface area contributed by atoms with E-state index in [1.54, 1.807) is 12.1 Å². The van der Waals surface area contributed by atoms with Crippen LogP contribution in [0.3, 0.4) is 0 Å². The number of halogens is 1. The number of hydrogen-bond acceptors (Lipinski definition) is 5. The fraction of sp³-hybridized carbons (Fsp3) is 0.600. The number of ether oxygens (including phenoxy) is 2. The normalized spacial score (nSPS) is 16.0. The van der Waals surface area contributed by atoms with Crippen molar-refractivity contribution in [3.05, 3.63) is 23.2 Å². The summed E-state index contributed by atoms with van der Waals surface area (Å²) >= 11 is 5.84. The molecule has 0 atom stereocenters. The molecule has 1 aromatic rings. The Morgan fingerprint density at radius 1 is 1.29 bits per heavy atom. The van der Waals surface area contributed by atoms with Gasteiger partial charge in [0.15, 0.2) is 0 Å². The van der Waals surface area contributed by atoms with Crippen LogP contribution < -0.4 is 15.8 Å². The van der Waals surface area contributed by atoms with Crippen molar-refractivity contribution in [1.29, 1.82) is 0 Å². The van der Waals surface area contributed by atoms with E-state index in [-0.39, 0.29) is 0 Å². The monoisotopic (exact) mass is 313 g/mol. The number of nitrogens with two attached hydrogens (primary N) is 1. The smallest absolute Gasteiger partial charge is 0.142 e. The van der Waals surface area contributed by atoms with Crippen molar-refractivity contribution in [1.82, 2.24) is 10.2 Å². The predicted molar refractivity (Wildman–Crippen MR) is 86.1 cm³/mol. The summed E-state index contributed by atoms with van der Waals surface area (Å²) in [5.41, 5.74) is 6.41. The van der Waals surface area contributed by atoms with Gasteiger partial charge in [0, 0.05) is 31.2 Å². The molecule has 3 N–H and O–H groups in total. The number of rotatable bonds is 8. The number of hydrogen-bond donors (Lipinski definition) is 2. The number of nitrogens with one attached hydrogen (secondary N) is 1. The van der Waals surface area contributed by atoms with Gasteiger partial charge in [-0.1, -0.05) is 11.6 Å². The molecule has 2 rings (SSSR count). The van der Waals surface area contributed by atoms with E-state index >= 15 is 0 Å². The zero-order valence-electron chi connectivity index (χ0n) is 12.3. The fourth-order valence-electron chi connectivity index (χ4n) is 2.22. The zero-order chi connectivity index (χ0) is 14.9. The van der Waals surface area contributed by atoms with Crippen LogP contribution in [0.4, 0.5) is 5.69 Å². The second-order valence-electron chi connectivity index (χ2n) is 5.09. The van der Waals surface area contributed by atoms with E-state index < -0.39 is 0 Å². The molecule has 0 amide bonds. The molecule has 1 aliphatic rings. The van der Waals surface area contributed by atoms with Crippen LogP contribution in [0, 0.1) is 0 Å². The Labute approximate surface area is 131 Å². The second-order valence-corrected chi connectivity index (χ2v) is 5.52. The predicted octanol–water partition coefficient (Wildman–Crippen LogP) is 1.61. The van der Waals surface area contributed by atoms with Crippen molar-refractivity contribution in [2.45, 2.75) is 6.42 Å². The van der Waals surface area contributed by atoms with Gasteiger partial charge in [0.25, 0.3) is 0 Å². The number of nitrogens with zero attached hydrogens (tertiary/aromatic N) is 1. The van der Waals surface area contributed by atoms with Gasteiger partial charge < -0.3 is 20.5 Å². The highest BCUT2D eigenvalue weighted by Gasteiger charge is 2.08. The van der Waals surface area contributed by atoms with Crippen LogP contribution in [0.2, 0.25) is 5.02 Å². The van der Waals surface area contributed by atoms with E-state index in [0.29, 0.717) is 23.1 Å². The minimum Gasteiger partial charge on any atom is -0.491 e. The van der Waals surface area contributed by atoms with E-state index in [1.807, 2.05) is 6.07 Å². The minimum absolute atomic E-state index is 0.586. The molecule has 118 valence electrons. The third kappa shape index (κ3) is 6.09. The van der Waals surface area contributed by atoms with Gasteiger partial charge in [-0.05, 0) is 31.2 Å². The topological polar surface area (TPSA) is 59.8 Å². The van der Waals surface area contributed by atoms with Crippen LogP contribution in [-0.4, -0.2) is 57.4 Å². The molecule has 5 nitrogen and oxygen atoms in total. The third-order valence-electron chi connectivity index (χ3n) is 3.44. The second kappa shape index (κ2) is 9.10. The van der Waals surface area contributed by atoms with E-state index in [2.05, 4.69) is 10.2 Å². The number of benzene rings is 1. The van der Waals surface area contributed by atoms with E-state index in [1.165, 1.54) is 0 Å². The lowest BCUT2D eigenvalue weighted by Crippen LogP contribution is -2.40. The first-order chi connectivity index (χ1) is 10.3. The summed E-state index contributed by atoms with van der Waals surface area (Å²) in [5, 5.41) is 4.06. The van der Waals surface area contributed by atoms with E-state index in [0.717, 1.165) is 52.4 Å². The molecule has 1 saturated heterocycles. The van der Waals surface area contributed by atoms with Crippen LogP contribution in [-0.2, 0) is 4.74 Å². The fourth-order valence-corrected chi connectivity index (χ4v) is 2.40. The summed E-state index contributed by atoms with van der Waals surface area (Å²) in [5.74, 6) is 0.702. The van der Waals surface area contributed by atoms with Gasteiger partial charge in [0.2, 0.25) is 0 Å². The van der Waals surface area contributed by atoms with Crippen molar-refractivity contribution in [2.75, 3.05) is 58.3 Å². The highest BCUT2D eigenvalue weighted by atomic mass is 35.5. The highest BCUT2D eigenvalue weighted by Crippen LogP contribution is 2.24. The first kappa shape index (κ1) is 16.4. The van der Waals surface area contributed by atoms with Gasteiger partial charge in [-0.25, -0.2) is 0 Å². The summed E-state index contributed by atoms with van der Waals surface area (Å²) in [6.45, 7) is 7.47. The molecule has 0 spiro atoms. The Bertz CT molecular complexity index is 425. The van der Waals surface area contributed by atoms with E-state index in [4.69, 9.17) is 26.8 Å². The maximum Gasteiger partial charge on any atom is 0.142 e. The molecule has 0 radical (unpaired) electrons. The van der Waals surface area contributed by atoms with Gasteiger partial charge >= 0.3 is 0 Å². The first-order valence-corrected chi connectivity index (χ1v) is 7.82. The lowest BCUT2D eigenvalue weighted by Gasteiger charge is -2.26. The molecule has 1 aromatic carbocycles. The Morgan fingerprint density at radius 3 is 2.86 bits per heavy atom. The number of anilines is 1. The summed E-state index contributed by atoms with van der Waals surface area (Å²) in [7, 11) is 0. The third-order valence-corrected chi connectivity index (χ3v) is 3.67. The Hall–Kier alpha value is -1.01. The Balaban J connectivity index is 1.50. The molecule has 0 aliphatic carbocycles. The van der Waals surface area contributed by atoms with Gasteiger partial charge in [-0.2, -0.15) is 0 Å². The van der Waals surface area contributed by atoms with Crippen LogP contribution in [0.1, 0.15) is 6.42 Å². The SMILES string of the molecule is Nc1cc(Cl)ccc1OCCCNCCN1CCOCC1. The van der Waals surface area contributed by atoms with Gasteiger partial charge in [-0.3, -0.25) is 4.90 Å². The summed E-state index contributed by atoms with van der Waals surface area (Å²) < 4.78 is 11.0. The molecule has 0 aromatic heterocycles. The maximum absolute atomic E-state index is 5.84. The van der Waals surface area contributed by atoms with E-state index in [9.17, 15) is 0 Å². The zero-order valence-corrected chi connectivity index (χ0v) is 13.1. The van der Waals surface area contributed by atoms with Crippen LogP contribution in [0.15, 0.2) is 18.2 Å². The van der Waals surface area contributed by atoms with Crippen LogP contribution in [0.5, 0.6) is 5.75 Å². The first-order valence-electron chi connectivity index (χ1n) is 7.44. The lowest BCUT2D eigenvalue weighted by atomic mass is 10.3. The van der Waals surface area contributed by atoms with Crippen LogP contribution in [0.25, 0.3) is 0 Å². The van der Waals surface area contributed by atoms with Gasteiger partial charge in [-0.15, -0.1) is 0 Å². The number of morpholine rings is 1. The average Bonchev–Trinajstić information content (AvgIpc) is 2.49. The standard InChI is InChI=1S/C15H24ClN3O2/c16-13-2-3-15(14(17)12-13)21-9-1-4-18-5-6-19-7-10-20-11-8-19/h2-3,12,18H,1,4-11,17H2. The molecule has 1 heterocycles. The average molecular weight is 314 g/mol. The van der Waals surface area contributed by atoms with Crippen molar-refractivity contribution >= 4 is 17.3 Å². The van der Waals surface area contributed by atoms with Gasteiger partial charge in [0.05, 0.1) is 25.5 Å². The highest BCUT2D eigenvalue weighted by molar-refractivity contribution is 6.30. The molecule has 0 unspecified atom stereocenters. The lowest BCUT2D eigenvalue weighted by molar-refractivity contribution is 0.0384. The van der Waals surface area contributed by atoms with Crippen molar-refractivity contribution in [3.8, 4) is 5.75 Å². The van der Waals surface area contributed by atoms with Crippen molar-refractivity contribution < 1.29 is 9.47 Å².